The highest BCUT2D eigenvalue weighted by molar-refractivity contribution is 5.37. The van der Waals surface area contributed by atoms with Crippen LogP contribution in [0.5, 0.6) is 11.5 Å². The summed E-state index contributed by atoms with van der Waals surface area (Å²) in [5.74, 6) is 1.73. The molecule has 1 aromatic rings. The lowest BCUT2D eigenvalue weighted by Gasteiger charge is -2.11. The van der Waals surface area contributed by atoms with Crippen LogP contribution < -0.4 is 9.47 Å². The van der Waals surface area contributed by atoms with Gasteiger partial charge in [-0.25, -0.2) is 0 Å². The predicted molar refractivity (Wildman–Crippen MR) is 78.0 cm³/mol. The number of hydrogen-bond acceptors (Lipinski definition) is 3. The molecule has 1 aromatic carbocycles. The van der Waals surface area contributed by atoms with Gasteiger partial charge in [-0.3, -0.25) is 0 Å². The largest absolute Gasteiger partial charge is 0.493 e. The third-order valence-electron chi connectivity index (χ3n) is 2.86. The van der Waals surface area contributed by atoms with Crippen molar-refractivity contribution in [2.24, 2.45) is 0 Å². The highest BCUT2D eigenvalue weighted by atomic mass is 16.5. The van der Waals surface area contributed by atoms with E-state index in [4.69, 9.17) is 14.6 Å². The van der Waals surface area contributed by atoms with E-state index in [0.29, 0.717) is 6.61 Å². The van der Waals surface area contributed by atoms with Crippen LogP contribution >= 0.6 is 0 Å². The molecular formula is C16H26O3. The molecule has 1 rings (SSSR count). The molecule has 0 heterocycles. The fourth-order valence-electron chi connectivity index (χ4n) is 1.83. The number of ether oxygens (including phenoxy) is 2. The number of benzene rings is 1. The van der Waals surface area contributed by atoms with Crippen LogP contribution in [0.1, 0.15) is 44.6 Å². The lowest BCUT2D eigenvalue weighted by atomic mass is 10.2. The Hall–Kier alpha value is -1.22. The zero-order valence-corrected chi connectivity index (χ0v) is 12.2. The van der Waals surface area contributed by atoms with E-state index >= 15 is 0 Å². The molecule has 0 radical (unpaired) electrons. The molecule has 108 valence electrons. The minimum Gasteiger partial charge on any atom is -0.493 e. The Labute approximate surface area is 116 Å². The number of hydrogen-bond donors (Lipinski definition) is 1. The second-order valence-electron chi connectivity index (χ2n) is 4.82. The maximum absolute atomic E-state index is 8.72. The number of aliphatic hydroxyl groups excluding tert-OH is 1. The highest BCUT2D eigenvalue weighted by Gasteiger charge is 2.01. The first kappa shape index (κ1) is 15.8. The third-order valence-corrected chi connectivity index (χ3v) is 2.86. The van der Waals surface area contributed by atoms with Crippen LogP contribution in [0.3, 0.4) is 0 Å². The van der Waals surface area contributed by atoms with E-state index in [-0.39, 0.29) is 6.61 Å². The van der Waals surface area contributed by atoms with E-state index in [1.807, 2.05) is 25.1 Å². The lowest BCUT2D eigenvalue weighted by molar-refractivity contribution is 0.251. The summed E-state index contributed by atoms with van der Waals surface area (Å²) < 4.78 is 11.4. The van der Waals surface area contributed by atoms with Gasteiger partial charge in [-0.1, -0.05) is 19.8 Å². The smallest absolute Gasteiger partial charge is 0.123 e. The normalized spacial score (nSPS) is 10.5. The number of rotatable bonds is 10. The van der Waals surface area contributed by atoms with Gasteiger partial charge in [0.15, 0.2) is 0 Å². The van der Waals surface area contributed by atoms with Crippen LogP contribution in [-0.2, 0) is 0 Å². The van der Waals surface area contributed by atoms with Crippen molar-refractivity contribution in [2.45, 2.75) is 46.0 Å². The molecule has 0 aliphatic rings. The average molecular weight is 266 g/mol. The van der Waals surface area contributed by atoms with E-state index in [0.717, 1.165) is 42.9 Å². The van der Waals surface area contributed by atoms with E-state index < -0.39 is 0 Å². The van der Waals surface area contributed by atoms with Crippen molar-refractivity contribution in [1.29, 1.82) is 0 Å². The number of aryl methyl sites for hydroxylation is 1. The van der Waals surface area contributed by atoms with Crippen LogP contribution in [0.15, 0.2) is 18.2 Å². The van der Waals surface area contributed by atoms with E-state index in [1.165, 1.54) is 12.8 Å². The van der Waals surface area contributed by atoms with Crippen molar-refractivity contribution in [3.63, 3.8) is 0 Å². The molecule has 1 N–H and O–H groups in total. The average Bonchev–Trinajstić information content (AvgIpc) is 2.39. The number of unbranched alkanes of at least 4 members (excludes halogenated alkanes) is 3. The fourth-order valence-corrected chi connectivity index (χ4v) is 1.83. The standard InChI is InChI=1S/C16H26O3/c1-3-4-6-9-18-15-11-14(2)12-16(13-15)19-10-7-5-8-17/h11-13,17H,3-10H2,1-2H3. The van der Waals surface area contributed by atoms with Gasteiger partial charge in [-0.05, 0) is 43.9 Å². The summed E-state index contributed by atoms with van der Waals surface area (Å²) in [7, 11) is 0. The molecule has 0 bridgehead atoms. The molecule has 3 nitrogen and oxygen atoms in total. The van der Waals surface area contributed by atoms with Gasteiger partial charge >= 0.3 is 0 Å². The summed E-state index contributed by atoms with van der Waals surface area (Å²) in [5.41, 5.74) is 1.14. The van der Waals surface area contributed by atoms with Crippen molar-refractivity contribution in [3.8, 4) is 11.5 Å². The highest BCUT2D eigenvalue weighted by Crippen LogP contribution is 2.23. The van der Waals surface area contributed by atoms with Crippen LogP contribution in [0, 0.1) is 6.92 Å². The Bertz CT molecular complexity index is 320. The molecule has 3 heteroatoms. The van der Waals surface area contributed by atoms with Crippen molar-refractivity contribution in [3.05, 3.63) is 23.8 Å². The second-order valence-corrected chi connectivity index (χ2v) is 4.82. The predicted octanol–water partition coefficient (Wildman–Crippen LogP) is 3.72. The van der Waals surface area contributed by atoms with Crippen LogP contribution in [0.4, 0.5) is 0 Å². The molecule has 0 saturated carbocycles. The topological polar surface area (TPSA) is 38.7 Å². The zero-order chi connectivity index (χ0) is 13.9. The molecule has 0 saturated heterocycles. The third kappa shape index (κ3) is 7.06. The van der Waals surface area contributed by atoms with E-state index in [2.05, 4.69) is 6.92 Å². The van der Waals surface area contributed by atoms with Crippen molar-refractivity contribution in [1.82, 2.24) is 0 Å². The quantitative estimate of drug-likeness (QED) is 0.656. The van der Waals surface area contributed by atoms with Crippen LogP contribution in [0.25, 0.3) is 0 Å². The van der Waals surface area contributed by atoms with Gasteiger partial charge in [0.05, 0.1) is 13.2 Å². The Balaban J connectivity index is 2.41. The Morgan fingerprint density at radius 3 is 2.00 bits per heavy atom. The molecule has 0 aromatic heterocycles. The van der Waals surface area contributed by atoms with Crippen LogP contribution in [-0.4, -0.2) is 24.9 Å². The molecule has 0 aliphatic carbocycles. The van der Waals surface area contributed by atoms with Gasteiger partial charge in [0, 0.05) is 12.7 Å². The summed E-state index contributed by atoms with van der Waals surface area (Å²) in [5, 5.41) is 8.72. The van der Waals surface area contributed by atoms with Gasteiger partial charge < -0.3 is 14.6 Å². The number of aliphatic hydroxyl groups is 1. The first-order chi connectivity index (χ1) is 9.26. The molecule has 19 heavy (non-hydrogen) atoms. The summed E-state index contributed by atoms with van der Waals surface area (Å²) in [6.45, 7) is 5.86. The minimum absolute atomic E-state index is 0.225. The van der Waals surface area contributed by atoms with Crippen molar-refractivity contribution >= 4 is 0 Å². The lowest BCUT2D eigenvalue weighted by Crippen LogP contribution is -2.01. The van der Waals surface area contributed by atoms with Gasteiger partial charge in [-0.15, -0.1) is 0 Å². The van der Waals surface area contributed by atoms with Gasteiger partial charge in [0.25, 0.3) is 0 Å². The Kier molecular flexibility index (Phi) is 8.07. The Morgan fingerprint density at radius 1 is 0.895 bits per heavy atom. The second kappa shape index (κ2) is 9.68. The Morgan fingerprint density at radius 2 is 1.47 bits per heavy atom. The van der Waals surface area contributed by atoms with Gasteiger partial charge in [0.1, 0.15) is 11.5 Å². The van der Waals surface area contributed by atoms with E-state index in [9.17, 15) is 0 Å². The maximum Gasteiger partial charge on any atom is 0.123 e. The summed E-state index contributed by atoms with van der Waals surface area (Å²) in [6, 6.07) is 5.99. The minimum atomic E-state index is 0.225. The molecule has 0 spiro atoms. The summed E-state index contributed by atoms with van der Waals surface area (Å²) in [4.78, 5) is 0. The molecule has 0 fully saturated rings. The van der Waals surface area contributed by atoms with Crippen LogP contribution in [0.2, 0.25) is 0 Å². The molecule has 0 aliphatic heterocycles. The molecule has 0 amide bonds. The molecular weight excluding hydrogens is 240 g/mol. The first-order valence-corrected chi connectivity index (χ1v) is 7.24. The SMILES string of the molecule is CCCCCOc1cc(C)cc(OCCCCO)c1. The zero-order valence-electron chi connectivity index (χ0n) is 12.2. The van der Waals surface area contributed by atoms with E-state index in [1.54, 1.807) is 0 Å². The van der Waals surface area contributed by atoms with Gasteiger partial charge in [0.2, 0.25) is 0 Å². The maximum atomic E-state index is 8.72. The summed E-state index contributed by atoms with van der Waals surface area (Å²) >= 11 is 0. The fraction of sp³-hybridized carbons (Fsp3) is 0.625. The van der Waals surface area contributed by atoms with Crippen molar-refractivity contribution in [2.75, 3.05) is 19.8 Å². The first-order valence-electron chi connectivity index (χ1n) is 7.24. The molecule has 0 unspecified atom stereocenters. The van der Waals surface area contributed by atoms with Crippen molar-refractivity contribution < 1.29 is 14.6 Å². The monoisotopic (exact) mass is 266 g/mol. The summed E-state index contributed by atoms with van der Waals surface area (Å²) in [6.07, 6.45) is 5.16. The molecule has 0 atom stereocenters. The van der Waals surface area contributed by atoms with Gasteiger partial charge in [-0.2, -0.15) is 0 Å².